The van der Waals surface area contributed by atoms with Gasteiger partial charge in [-0.25, -0.2) is 17.8 Å². The SMILES string of the molecule is O=C(Nc1ccc2scnc2c1)[C@@H]1CCN(S(=O)(=O)c2ccc3c(c2)CCO3)C[C@H]1F. The number of piperidine rings is 1. The number of nitrogens with zero attached hydrogens (tertiary/aromatic N) is 2. The second kappa shape index (κ2) is 7.85. The summed E-state index contributed by atoms with van der Waals surface area (Å²) < 4.78 is 48.5. The lowest BCUT2D eigenvalue weighted by Gasteiger charge is -2.33. The van der Waals surface area contributed by atoms with Crippen molar-refractivity contribution in [1.29, 1.82) is 0 Å². The summed E-state index contributed by atoms with van der Waals surface area (Å²) in [5.41, 5.74) is 3.87. The van der Waals surface area contributed by atoms with Crippen molar-refractivity contribution in [3.05, 3.63) is 47.5 Å². The maximum absolute atomic E-state index is 14.9. The van der Waals surface area contributed by atoms with E-state index in [2.05, 4.69) is 10.3 Å². The van der Waals surface area contributed by atoms with Crippen molar-refractivity contribution in [3.8, 4) is 5.75 Å². The Morgan fingerprint density at radius 3 is 2.97 bits per heavy atom. The van der Waals surface area contributed by atoms with Gasteiger partial charge in [0.2, 0.25) is 15.9 Å². The molecular formula is C21H20FN3O4S2. The lowest BCUT2D eigenvalue weighted by Crippen LogP contribution is -2.48. The molecule has 7 nitrogen and oxygen atoms in total. The monoisotopic (exact) mass is 461 g/mol. The number of rotatable bonds is 4. The van der Waals surface area contributed by atoms with Crippen molar-refractivity contribution < 1.29 is 22.3 Å². The van der Waals surface area contributed by atoms with E-state index < -0.39 is 28.0 Å². The summed E-state index contributed by atoms with van der Waals surface area (Å²) in [5.74, 6) is -0.673. The number of halogens is 1. The Labute approximate surface area is 182 Å². The number of amides is 1. The molecule has 2 aromatic carbocycles. The molecule has 0 spiro atoms. The molecule has 0 saturated carbocycles. The molecule has 162 valence electrons. The minimum absolute atomic E-state index is 0.0829. The molecule has 0 unspecified atom stereocenters. The number of carbonyl (C=O) groups is 1. The molecule has 10 heteroatoms. The van der Waals surface area contributed by atoms with Gasteiger partial charge in [-0.1, -0.05) is 0 Å². The maximum atomic E-state index is 14.9. The van der Waals surface area contributed by atoms with Crippen molar-refractivity contribution in [1.82, 2.24) is 9.29 Å². The number of carbonyl (C=O) groups excluding carboxylic acids is 1. The Bertz CT molecular complexity index is 1260. The van der Waals surface area contributed by atoms with E-state index >= 15 is 0 Å². The first-order valence-corrected chi connectivity index (χ1v) is 12.3. The molecule has 1 saturated heterocycles. The smallest absolute Gasteiger partial charge is 0.243 e. The van der Waals surface area contributed by atoms with Crippen LogP contribution in [-0.4, -0.2) is 49.5 Å². The fourth-order valence-electron chi connectivity index (χ4n) is 4.03. The fourth-order valence-corrected chi connectivity index (χ4v) is 6.21. The summed E-state index contributed by atoms with van der Waals surface area (Å²) in [6.07, 6.45) is -0.831. The molecule has 5 rings (SSSR count). The number of aromatic nitrogens is 1. The number of nitrogens with one attached hydrogen (secondary N) is 1. The van der Waals surface area contributed by atoms with E-state index in [0.29, 0.717) is 24.5 Å². The number of fused-ring (bicyclic) bond motifs is 2. The third-order valence-electron chi connectivity index (χ3n) is 5.74. The minimum atomic E-state index is -3.84. The van der Waals surface area contributed by atoms with Crippen LogP contribution in [0.4, 0.5) is 10.1 Å². The molecule has 1 fully saturated rings. The number of alkyl halides is 1. The average Bonchev–Trinajstić information content (AvgIpc) is 3.41. The van der Waals surface area contributed by atoms with E-state index in [9.17, 15) is 17.6 Å². The highest BCUT2D eigenvalue weighted by Gasteiger charge is 2.39. The van der Waals surface area contributed by atoms with Gasteiger partial charge in [0.25, 0.3) is 0 Å². The van der Waals surface area contributed by atoms with Crippen LogP contribution in [0.25, 0.3) is 10.2 Å². The van der Waals surface area contributed by atoms with Crippen LogP contribution < -0.4 is 10.1 Å². The van der Waals surface area contributed by atoms with E-state index in [-0.39, 0.29) is 24.4 Å². The Morgan fingerprint density at radius 2 is 2.13 bits per heavy atom. The summed E-state index contributed by atoms with van der Waals surface area (Å²) in [5, 5.41) is 2.74. The summed E-state index contributed by atoms with van der Waals surface area (Å²) in [4.78, 5) is 17.0. The zero-order chi connectivity index (χ0) is 21.6. The quantitative estimate of drug-likeness (QED) is 0.645. The Morgan fingerprint density at radius 1 is 1.26 bits per heavy atom. The first kappa shape index (κ1) is 20.3. The minimum Gasteiger partial charge on any atom is -0.493 e. The highest BCUT2D eigenvalue weighted by atomic mass is 32.2. The molecule has 2 aliphatic rings. The molecule has 31 heavy (non-hydrogen) atoms. The summed E-state index contributed by atoms with van der Waals surface area (Å²) in [6, 6.07) is 10.1. The maximum Gasteiger partial charge on any atom is 0.243 e. The van der Waals surface area contributed by atoms with Crippen molar-refractivity contribution in [3.63, 3.8) is 0 Å². The van der Waals surface area contributed by atoms with Crippen LogP contribution in [0, 0.1) is 5.92 Å². The highest BCUT2D eigenvalue weighted by molar-refractivity contribution is 7.89. The van der Waals surface area contributed by atoms with Crippen LogP contribution in [0.3, 0.4) is 0 Å². The van der Waals surface area contributed by atoms with Gasteiger partial charge in [-0.05, 0) is 48.4 Å². The van der Waals surface area contributed by atoms with Crippen molar-refractivity contribution in [2.24, 2.45) is 5.92 Å². The van der Waals surface area contributed by atoms with E-state index in [1.54, 1.807) is 29.8 Å². The third kappa shape index (κ3) is 3.79. The molecule has 0 aliphatic carbocycles. The van der Waals surface area contributed by atoms with Crippen LogP contribution in [0.15, 0.2) is 46.8 Å². The first-order chi connectivity index (χ1) is 14.9. The van der Waals surface area contributed by atoms with Gasteiger partial charge < -0.3 is 10.1 Å². The molecule has 1 aromatic heterocycles. The fraction of sp³-hybridized carbons (Fsp3) is 0.333. The average molecular weight is 462 g/mol. The van der Waals surface area contributed by atoms with Crippen LogP contribution in [-0.2, 0) is 21.2 Å². The predicted octanol–water partition coefficient (Wildman–Crippen LogP) is 3.22. The normalized spacial score (nSPS) is 21.6. The lowest BCUT2D eigenvalue weighted by atomic mass is 9.95. The Kier molecular flexibility index (Phi) is 5.15. The Hall–Kier alpha value is -2.56. The number of benzene rings is 2. The van der Waals surface area contributed by atoms with Crippen LogP contribution in [0.1, 0.15) is 12.0 Å². The van der Waals surface area contributed by atoms with E-state index in [1.807, 2.05) is 6.07 Å². The molecule has 2 atom stereocenters. The molecule has 0 bridgehead atoms. The van der Waals surface area contributed by atoms with Gasteiger partial charge >= 0.3 is 0 Å². The summed E-state index contributed by atoms with van der Waals surface area (Å²) in [6.45, 7) is 0.264. The molecule has 3 heterocycles. The largest absolute Gasteiger partial charge is 0.493 e. The van der Waals surface area contributed by atoms with Gasteiger partial charge in [-0.3, -0.25) is 4.79 Å². The molecular weight excluding hydrogens is 441 g/mol. The first-order valence-electron chi connectivity index (χ1n) is 9.96. The number of sulfonamides is 1. The predicted molar refractivity (Wildman–Crippen MR) is 116 cm³/mol. The molecule has 1 N–H and O–H groups in total. The van der Waals surface area contributed by atoms with E-state index in [4.69, 9.17) is 4.74 Å². The lowest BCUT2D eigenvalue weighted by molar-refractivity contribution is -0.123. The number of hydrogen-bond acceptors (Lipinski definition) is 6. The van der Waals surface area contributed by atoms with Gasteiger partial charge in [-0.2, -0.15) is 4.31 Å². The number of ether oxygens (including phenoxy) is 1. The second-order valence-corrected chi connectivity index (χ2v) is 10.5. The van der Waals surface area contributed by atoms with Crippen molar-refractivity contribution in [2.75, 3.05) is 25.0 Å². The zero-order valence-corrected chi connectivity index (χ0v) is 18.1. The van der Waals surface area contributed by atoms with Gasteiger partial charge in [-0.15, -0.1) is 11.3 Å². The summed E-state index contributed by atoms with van der Waals surface area (Å²) >= 11 is 1.50. The van der Waals surface area contributed by atoms with Gasteiger partial charge in [0, 0.05) is 25.2 Å². The number of anilines is 1. The van der Waals surface area contributed by atoms with Crippen molar-refractivity contribution >= 4 is 43.2 Å². The number of thiazole rings is 1. The van der Waals surface area contributed by atoms with Gasteiger partial charge in [0.05, 0.1) is 33.1 Å². The third-order valence-corrected chi connectivity index (χ3v) is 8.41. The molecule has 3 aromatic rings. The van der Waals surface area contributed by atoms with E-state index in [1.165, 1.54) is 17.4 Å². The van der Waals surface area contributed by atoms with Crippen molar-refractivity contribution in [2.45, 2.75) is 23.9 Å². The molecule has 1 amide bonds. The second-order valence-electron chi connectivity index (χ2n) is 7.67. The Balaban J connectivity index is 1.27. The van der Waals surface area contributed by atoms with Gasteiger partial charge in [0.1, 0.15) is 11.9 Å². The van der Waals surface area contributed by atoms with Crippen LogP contribution in [0.5, 0.6) is 5.75 Å². The topological polar surface area (TPSA) is 88.6 Å². The van der Waals surface area contributed by atoms with Gasteiger partial charge in [0.15, 0.2) is 0 Å². The molecule has 2 aliphatic heterocycles. The molecule has 0 radical (unpaired) electrons. The number of hydrogen-bond donors (Lipinski definition) is 1. The summed E-state index contributed by atoms with van der Waals surface area (Å²) in [7, 11) is -3.84. The van der Waals surface area contributed by atoms with Crippen LogP contribution >= 0.6 is 11.3 Å². The standard InChI is InChI=1S/C21H20FN3O4S2/c22-17-11-25(31(27,28)15-2-3-19-13(9-15)6-8-29-19)7-5-16(17)21(26)24-14-1-4-20-18(10-14)23-12-30-20/h1-4,9-10,12,16-17H,5-8,11H2,(H,24,26)/t16-,17-/m1/s1. The van der Waals surface area contributed by atoms with Crippen LogP contribution in [0.2, 0.25) is 0 Å². The highest BCUT2D eigenvalue weighted by Crippen LogP contribution is 2.31. The van der Waals surface area contributed by atoms with E-state index in [0.717, 1.165) is 20.1 Å². The zero-order valence-electron chi connectivity index (χ0n) is 16.5.